The molecule has 0 saturated heterocycles. The number of likely N-dealkylation sites (N-methyl/N-ethyl adjacent to an activating group) is 1. The third kappa shape index (κ3) is 4.46. The molecule has 2 aliphatic rings. The summed E-state index contributed by atoms with van der Waals surface area (Å²) in [7, 11) is 0. The van der Waals surface area contributed by atoms with E-state index >= 15 is 0 Å². The molecule has 0 fully saturated rings. The van der Waals surface area contributed by atoms with Crippen LogP contribution in [0, 0.1) is 19.7 Å². The van der Waals surface area contributed by atoms with Crippen LogP contribution in [0.25, 0.3) is 0 Å². The van der Waals surface area contributed by atoms with Crippen LogP contribution in [-0.4, -0.2) is 47.3 Å². The highest BCUT2D eigenvalue weighted by molar-refractivity contribution is 6.02. The van der Waals surface area contributed by atoms with Crippen molar-refractivity contribution in [3.8, 4) is 0 Å². The highest BCUT2D eigenvalue weighted by Crippen LogP contribution is 2.37. The fourth-order valence-corrected chi connectivity index (χ4v) is 4.44. The molecular weight excluding hydrogens is 423 g/mol. The number of benzene rings is 2. The van der Waals surface area contributed by atoms with Gasteiger partial charge in [-0.1, -0.05) is 23.8 Å². The SMILES string of the molecule is CCN1C(=O)N[C@@H](c2ccc(C)cc2C)C2=C1CN(CCC(=O)Nc1ccc(F)cc1)C2=O. The minimum absolute atomic E-state index is 0.0887. The van der Waals surface area contributed by atoms with Gasteiger partial charge in [0.25, 0.3) is 5.91 Å². The Bertz CT molecular complexity index is 1140. The standard InChI is InChI=1S/C25H27FN4O3/c1-4-30-20-14-29(12-11-21(31)27-18-8-6-17(26)7-9-18)24(32)22(20)23(28-25(30)33)19-10-5-15(2)13-16(19)3/h5-10,13,23H,4,11-12,14H2,1-3H3,(H,27,31)(H,28,33)/t23-/m0/s1. The number of aryl methyl sites for hydroxylation is 2. The Morgan fingerprint density at radius 3 is 2.55 bits per heavy atom. The molecule has 4 amide bonds. The number of urea groups is 1. The van der Waals surface area contributed by atoms with Crippen molar-refractivity contribution in [2.75, 3.05) is 25.0 Å². The van der Waals surface area contributed by atoms with E-state index in [2.05, 4.69) is 10.6 Å². The number of halogens is 1. The van der Waals surface area contributed by atoms with Crippen LogP contribution < -0.4 is 10.6 Å². The quantitative estimate of drug-likeness (QED) is 0.705. The molecule has 0 bridgehead atoms. The Balaban J connectivity index is 1.52. The van der Waals surface area contributed by atoms with E-state index in [9.17, 15) is 18.8 Å². The smallest absolute Gasteiger partial charge is 0.322 e. The maximum absolute atomic E-state index is 13.4. The van der Waals surface area contributed by atoms with Gasteiger partial charge in [-0.3, -0.25) is 14.5 Å². The van der Waals surface area contributed by atoms with Crippen molar-refractivity contribution in [1.82, 2.24) is 15.1 Å². The minimum Gasteiger partial charge on any atom is -0.332 e. The Hall–Kier alpha value is -3.68. The van der Waals surface area contributed by atoms with Gasteiger partial charge in [0.1, 0.15) is 5.82 Å². The lowest BCUT2D eigenvalue weighted by molar-refractivity contribution is -0.126. The van der Waals surface area contributed by atoms with Crippen LogP contribution in [0.4, 0.5) is 14.9 Å². The van der Waals surface area contributed by atoms with Crippen molar-refractivity contribution < 1.29 is 18.8 Å². The van der Waals surface area contributed by atoms with Gasteiger partial charge < -0.3 is 15.5 Å². The van der Waals surface area contributed by atoms with E-state index < -0.39 is 6.04 Å². The molecule has 0 aromatic heterocycles. The van der Waals surface area contributed by atoms with Gasteiger partial charge >= 0.3 is 6.03 Å². The lowest BCUT2D eigenvalue weighted by atomic mass is 9.91. The zero-order valence-electron chi connectivity index (χ0n) is 18.9. The van der Waals surface area contributed by atoms with Gasteiger partial charge in [-0.15, -0.1) is 0 Å². The molecule has 2 aromatic rings. The van der Waals surface area contributed by atoms with Crippen molar-refractivity contribution in [3.63, 3.8) is 0 Å². The van der Waals surface area contributed by atoms with Gasteiger partial charge in [-0.05, 0) is 56.2 Å². The molecule has 0 unspecified atom stereocenters. The molecule has 2 aliphatic heterocycles. The molecule has 0 spiro atoms. The number of nitrogens with zero attached hydrogens (tertiary/aromatic N) is 2. The first-order chi connectivity index (χ1) is 15.8. The van der Waals surface area contributed by atoms with Crippen LogP contribution in [0.15, 0.2) is 53.7 Å². The average Bonchev–Trinajstić information content (AvgIpc) is 3.10. The first-order valence-corrected chi connectivity index (χ1v) is 11.0. The normalized spacial score (nSPS) is 17.9. The largest absolute Gasteiger partial charge is 0.332 e. The van der Waals surface area contributed by atoms with E-state index in [1.165, 1.54) is 24.3 Å². The Kier molecular flexibility index (Phi) is 6.18. The summed E-state index contributed by atoms with van der Waals surface area (Å²) in [4.78, 5) is 41.8. The predicted molar refractivity (Wildman–Crippen MR) is 123 cm³/mol. The first kappa shape index (κ1) is 22.5. The average molecular weight is 451 g/mol. The van der Waals surface area contributed by atoms with Crippen molar-refractivity contribution in [2.45, 2.75) is 33.2 Å². The number of hydrogen-bond donors (Lipinski definition) is 2. The third-order valence-electron chi connectivity index (χ3n) is 6.09. The van der Waals surface area contributed by atoms with E-state index in [0.717, 1.165) is 16.7 Å². The summed E-state index contributed by atoms with van der Waals surface area (Å²) >= 11 is 0. The highest BCUT2D eigenvalue weighted by atomic mass is 19.1. The summed E-state index contributed by atoms with van der Waals surface area (Å²) in [5.74, 6) is -0.830. The predicted octanol–water partition coefficient (Wildman–Crippen LogP) is 3.65. The third-order valence-corrected chi connectivity index (χ3v) is 6.09. The number of rotatable bonds is 6. The molecule has 2 N–H and O–H groups in total. The second-order valence-corrected chi connectivity index (χ2v) is 8.38. The summed E-state index contributed by atoms with van der Waals surface area (Å²) in [6.45, 7) is 6.77. The van der Waals surface area contributed by atoms with Gasteiger partial charge in [-0.2, -0.15) is 0 Å². The van der Waals surface area contributed by atoms with Gasteiger partial charge in [0.2, 0.25) is 5.91 Å². The summed E-state index contributed by atoms with van der Waals surface area (Å²) < 4.78 is 13.1. The molecular formula is C25H27FN4O3. The lowest BCUT2D eigenvalue weighted by Crippen LogP contribution is -2.47. The molecule has 8 heteroatoms. The second kappa shape index (κ2) is 9.05. The lowest BCUT2D eigenvalue weighted by Gasteiger charge is -2.33. The second-order valence-electron chi connectivity index (χ2n) is 8.38. The number of anilines is 1. The van der Waals surface area contributed by atoms with Crippen LogP contribution in [0.2, 0.25) is 0 Å². The Morgan fingerprint density at radius 1 is 1.15 bits per heavy atom. The van der Waals surface area contributed by atoms with E-state index in [1.807, 2.05) is 39.0 Å². The maximum atomic E-state index is 13.4. The van der Waals surface area contributed by atoms with Gasteiger partial charge in [0.15, 0.2) is 0 Å². The zero-order valence-corrected chi connectivity index (χ0v) is 18.9. The summed E-state index contributed by atoms with van der Waals surface area (Å²) in [6, 6.07) is 10.7. The van der Waals surface area contributed by atoms with Crippen molar-refractivity contribution in [3.05, 3.63) is 76.2 Å². The molecule has 2 aromatic carbocycles. The molecule has 0 saturated carbocycles. The summed E-state index contributed by atoms with van der Waals surface area (Å²) in [5.41, 5.74) is 4.74. The molecule has 0 aliphatic carbocycles. The Labute approximate surface area is 192 Å². The van der Waals surface area contributed by atoms with Crippen LogP contribution in [-0.2, 0) is 9.59 Å². The van der Waals surface area contributed by atoms with Crippen molar-refractivity contribution >= 4 is 23.5 Å². The number of nitrogens with one attached hydrogen (secondary N) is 2. The molecule has 4 rings (SSSR count). The fourth-order valence-electron chi connectivity index (χ4n) is 4.44. The molecule has 172 valence electrons. The maximum Gasteiger partial charge on any atom is 0.322 e. The van der Waals surface area contributed by atoms with E-state index in [1.54, 1.807) is 9.80 Å². The molecule has 7 nitrogen and oxygen atoms in total. The molecule has 0 radical (unpaired) electrons. The number of carbonyl (C=O) groups is 3. The van der Waals surface area contributed by atoms with E-state index in [0.29, 0.717) is 23.5 Å². The summed E-state index contributed by atoms with van der Waals surface area (Å²) in [6.07, 6.45) is 0.0887. The zero-order chi connectivity index (χ0) is 23.7. The van der Waals surface area contributed by atoms with Crippen LogP contribution in [0.3, 0.4) is 0 Å². The summed E-state index contributed by atoms with van der Waals surface area (Å²) in [5, 5.41) is 5.70. The topological polar surface area (TPSA) is 81.8 Å². The van der Waals surface area contributed by atoms with Gasteiger partial charge in [0.05, 0.1) is 23.9 Å². The molecule has 33 heavy (non-hydrogen) atoms. The number of carbonyl (C=O) groups excluding carboxylic acids is 3. The van der Waals surface area contributed by atoms with Crippen LogP contribution >= 0.6 is 0 Å². The first-order valence-electron chi connectivity index (χ1n) is 11.0. The van der Waals surface area contributed by atoms with Gasteiger partial charge in [-0.25, -0.2) is 9.18 Å². The van der Waals surface area contributed by atoms with E-state index in [4.69, 9.17) is 0 Å². The molecule has 1 atom stereocenters. The highest BCUT2D eigenvalue weighted by Gasteiger charge is 2.43. The van der Waals surface area contributed by atoms with Crippen molar-refractivity contribution in [1.29, 1.82) is 0 Å². The minimum atomic E-state index is -0.526. The number of amides is 4. The van der Waals surface area contributed by atoms with Crippen LogP contribution in [0.1, 0.15) is 36.1 Å². The van der Waals surface area contributed by atoms with Gasteiger partial charge in [0, 0.05) is 25.2 Å². The van der Waals surface area contributed by atoms with Crippen molar-refractivity contribution in [2.24, 2.45) is 0 Å². The Morgan fingerprint density at radius 2 is 1.88 bits per heavy atom. The van der Waals surface area contributed by atoms with Crippen LogP contribution in [0.5, 0.6) is 0 Å². The monoisotopic (exact) mass is 450 g/mol. The number of hydrogen-bond acceptors (Lipinski definition) is 3. The van der Waals surface area contributed by atoms with E-state index in [-0.39, 0.29) is 43.2 Å². The molecule has 2 heterocycles. The fraction of sp³-hybridized carbons (Fsp3) is 0.320.